The molecule has 2 aliphatic rings. The zero-order valence-electron chi connectivity index (χ0n) is 17.8. The lowest BCUT2D eigenvalue weighted by molar-refractivity contribution is -0.148. The minimum Gasteiger partial charge on any atom is -0.495 e. The largest absolute Gasteiger partial charge is 0.495 e. The second-order valence-corrected chi connectivity index (χ2v) is 9.24. The van der Waals surface area contributed by atoms with E-state index < -0.39 is 41.2 Å². The Balaban J connectivity index is 1.66. The molecule has 0 radical (unpaired) electrons. The van der Waals surface area contributed by atoms with Crippen molar-refractivity contribution >= 4 is 34.8 Å². The van der Waals surface area contributed by atoms with Gasteiger partial charge in [0.2, 0.25) is 11.8 Å². The smallest absolute Gasteiger partial charge is 0.325 e. The molecular weight excluding hydrogens is 440 g/mol. The molecule has 7 nitrogen and oxygen atoms in total. The van der Waals surface area contributed by atoms with Gasteiger partial charge in [0.05, 0.1) is 30.7 Å². The number of carboxylic acid groups (broad SMARTS) is 1. The van der Waals surface area contributed by atoms with E-state index in [1.54, 1.807) is 24.3 Å². The summed E-state index contributed by atoms with van der Waals surface area (Å²) in [4.78, 5) is 42.4. The molecule has 5 rings (SSSR count). The van der Waals surface area contributed by atoms with Gasteiger partial charge in [-0.25, -0.2) is 4.90 Å². The predicted octanol–water partition coefficient (Wildman–Crippen LogP) is 3.27. The Hall–Kier alpha value is -3.49. The second-order valence-electron chi connectivity index (χ2n) is 8.26. The van der Waals surface area contributed by atoms with Crippen LogP contribution in [0.25, 0.3) is 0 Å². The van der Waals surface area contributed by atoms with Crippen molar-refractivity contribution in [1.29, 1.82) is 0 Å². The maximum Gasteiger partial charge on any atom is 0.325 e. The summed E-state index contributed by atoms with van der Waals surface area (Å²) in [6, 6.07) is 19.1. The number of nitrogens with one attached hydrogen (secondary N) is 1. The number of hydrogen-bond acceptors (Lipinski definition) is 6. The number of carbonyl (C=O) groups excluding carboxylic acids is 2. The highest BCUT2D eigenvalue weighted by atomic mass is 32.1. The fraction of sp³-hybridized carbons (Fsp3) is 0.240. The van der Waals surface area contributed by atoms with Gasteiger partial charge in [0, 0.05) is 11.3 Å². The van der Waals surface area contributed by atoms with Crippen molar-refractivity contribution in [3.05, 3.63) is 82.6 Å². The first-order chi connectivity index (χ1) is 16.0. The molecule has 0 unspecified atom stereocenters. The van der Waals surface area contributed by atoms with Crippen molar-refractivity contribution in [2.24, 2.45) is 11.8 Å². The van der Waals surface area contributed by atoms with E-state index in [4.69, 9.17) is 4.74 Å². The van der Waals surface area contributed by atoms with Gasteiger partial charge in [-0.2, -0.15) is 0 Å². The van der Waals surface area contributed by atoms with Crippen molar-refractivity contribution in [3.63, 3.8) is 0 Å². The van der Waals surface area contributed by atoms with Crippen LogP contribution >= 0.6 is 11.3 Å². The van der Waals surface area contributed by atoms with E-state index in [1.807, 2.05) is 47.8 Å². The average molecular weight is 463 g/mol. The number of rotatable bonds is 6. The standard InChI is InChI=1S/C25H22N2O5S/c1-32-17-11-6-5-10-16(17)27-22(28)19-20(23(27)29)25(24(30)31,14-15-8-3-2-4-9-15)26-21(19)18-12-7-13-33-18/h2-13,19-21,26H,14H2,1H3,(H,30,31)/t19-,20+,21-,25-/m0/s1. The molecule has 0 aliphatic carbocycles. The van der Waals surface area contributed by atoms with Gasteiger partial charge in [-0.1, -0.05) is 48.5 Å². The minimum absolute atomic E-state index is 0.0744. The van der Waals surface area contributed by atoms with Crippen LogP contribution in [0.2, 0.25) is 0 Å². The van der Waals surface area contributed by atoms with E-state index in [0.29, 0.717) is 11.4 Å². The predicted molar refractivity (Wildman–Crippen MR) is 123 cm³/mol. The number of para-hydroxylation sites is 2. The molecule has 8 heteroatoms. The van der Waals surface area contributed by atoms with Gasteiger partial charge >= 0.3 is 5.97 Å². The number of aliphatic carboxylic acids is 1. The van der Waals surface area contributed by atoms with E-state index in [0.717, 1.165) is 15.3 Å². The lowest BCUT2D eigenvalue weighted by Crippen LogP contribution is -2.57. The third kappa shape index (κ3) is 3.25. The number of anilines is 1. The minimum atomic E-state index is -1.63. The van der Waals surface area contributed by atoms with Crippen molar-refractivity contribution in [2.75, 3.05) is 12.0 Å². The highest BCUT2D eigenvalue weighted by Crippen LogP contribution is 2.52. The summed E-state index contributed by atoms with van der Waals surface area (Å²) in [7, 11) is 1.47. The Morgan fingerprint density at radius 2 is 1.79 bits per heavy atom. The molecule has 2 aliphatic heterocycles. The van der Waals surface area contributed by atoms with Crippen LogP contribution in [0.5, 0.6) is 5.75 Å². The number of thiophene rings is 1. The van der Waals surface area contributed by atoms with Crippen molar-refractivity contribution in [3.8, 4) is 5.75 Å². The number of carbonyl (C=O) groups is 3. The van der Waals surface area contributed by atoms with Crippen molar-refractivity contribution in [2.45, 2.75) is 18.0 Å². The van der Waals surface area contributed by atoms with Gasteiger partial charge in [-0.15, -0.1) is 11.3 Å². The molecule has 33 heavy (non-hydrogen) atoms. The first kappa shape index (κ1) is 21.4. The monoisotopic (exact) mass is 462 g/mol. The van der Waals surface area contributed by atoms with Gasteiger partial charge in [-0.05, 0) is 29.1 Å². The second kappa shape index (κ2) is 8.13. The molecule has 3 aromatic rings. The maximum absolute atomic E-state index is 13.8. The fourth-order valence-corrected chi connectivity index (χ4v) is 5.94. The number of methoxy groups -OCH3 is 1. The van der Waals surface area contributed by atoms with Crippen LogP contribution in [0.4, 0.5) is 5.69 Å². The summed E-state index contributed by atoms with van der Waals surface area (Å²) in [6.07, 6.45) is 0.0744. The van der Waals surface area contributed by atoms with Crippen molar-refractivity contribution < 1.29 is 24.2 Å². The summed E-state index contributed by atoms with van der Waals surface area (Å²) in [5.41, 5.74) is -0.535. The molecule has 0 bridgehead atoms. The Labute approximate surface area is 194 Å². The quantitative estimate of drug-likeness (QED) is 0.546. The Morgan fingerprint density at radius 3 is 2.45 bits per heavy atom. The molecule has 168 valence electrons. The number of carboxylic acids is 1. The van der Waals surface area contributed by atoms with E-state index in [-0.39, 0.29) is 6.42 Å². The van der Waals surface area contributed by atoms with E-state index in [9.17, 15) is 19.5 Å². The summed E-state index contributed by atoms with van der Waals surface area (Å²) < 4.78 is 5.39. The number of ether oxygens (including phenoxy) is 1. The van der Waals surface area contributed by atoms with E-state index in [2.05, 4.69) is 5.32 Å². The molecule has 1 aromatic heterocycles. The topological polar surface area (TPSA) is 95.9 Å². The molecule has 0 spiro atoms. The molecule has 3 heterocycles. The number of hydrogen-bond donors (Lipinski definition) is 2. The van der Waals surface area contributed by atoms with Crippen LogP contribution in [-0.2, 0) is 20.8 Å². The van der Waals surface area contributed by atoms with Gasteiger partial charge < -0.3 is 9.84 Å². The van der Waals surface area contributed by atoms with Crippen LogP contribution in [0.15, 0.2) is 72.1 Å². The lowest BCUT2D eigenvalue weighted by atomic mass is 9.76. The van der Waals surface area contributed by atoms with Gasteiger partial charge in [0.1, 0.15) is 11.3 Å². The zero-order chi connectivity index (χ0) is 23.2. The van der Waals surface area contributed by atoms with E-state index in [1.165, 1.54) is 18.4 Å². The fourth-order valence-electron chi connectivity index (χ4n) is 5.12. The summed E-state index contributed by atoms with van der Waals surface area (Å²) in [5.74, 6) is -3.64. The molecule has 2 amide bonds. The number of fused-ring (bicyclic) bond motifs is 1. The van der Waals surface area contributed by atoms with Crippen LogP contribution in [0, 0.1) is 11.8 Å². The Morgan fingerprint density at radius 1 is 1.06 bits per heavy atom. The van der Waals surface area contributed by atoms with Gasteiger partial charge in [-0.3, -0.25) is 19.7 Å². The molecule has 2 saturated heterocycles. The van der Waals surface area contributed by atoms with Gasteiger partial charge in [0.25, 0.3) is 0 Å². The summed E-state index contributed by atoms with van der Waals surface area (Å²) in [5, 5.41) is 15.6. The van der Waals surface area contributed by atoms with E-state index >= 15 is 0 Å². The Bertz CT molecular complexity index is 1210. The maximum atomic E-state index is 13.8. The molecule has 2 fully saturated rings. The first-order valence-corrected chi connectivity index (χ1v) is 11.4. The van der Waals surface area contributed by atoms with Crippen LogP contribution in [0.1, 0.15) is 16.5 Å². The summed E-state index contributed by atoms with van der Waals surface area (Å²) >= 11 is 1.43. The van der Waals surface area contributed by atoms with Crippen molar-refractivity contribution in [1.82, 2.24) is 5.32 Å². The molecular formula is C25H22N2O5S. The molecule has 4 atom stereocenters. The highest BCUT2D eigenvalue weighted by molar-refractivity contribution is 7.10. The highest BCUT2D eigenvalue weighted by Gasteiger charge is 2.69. The number of amides is 2. The summed E-state index contributed by atoms with van der Waals surface area (Å²) in [6.45, 7) is 0. The van der Waals surface area contributed by atoms with Crippen LogP contribution < -0.4 is 15.0 Å². The first-order valence-electron chi connectivity index (χ1n) is 10.6. The van der Waals surface area contributed by atoms with Crippen LogP contribution in [0.3, 0.4) is 0 Å². The number of imide groups is 1. The normalized spacial score (nSPS) is 26.5. The molecule has 0 saturated carbocycles. The molecule has 2 aromatic carbocycles. The number of benzene rings is 2. The lowest BCUT2D eigenvalue weighted by Gasteiger charge is -2.31. The van der Waals surface area contributed by atoms with Gasteiger partial charge in [0.15, 0.2) is 0 Å². The number of nitrogens with zero attached hydrogens (tertiary/aromatic N) is 1. The average Bonchev–Trinajstić information content (AvgIpc) is 3.52. The third-order valence-electron chi connectivity index (χ3n) is 6.54. The Kier molecular flexibility index (Phi) is 5.26. The molecule has 2 N–H and O–H groups in total. The van der Waals surface area contributed by atoms with Crippen LogP contribution in [-0.4, -0.2) is 35.5 Å². The third-order valence-corrected chi connectivity index (χ3v) is 7.49. The SMILES string of the molecule is COc1ccccc1N1C(=O)[C@@H]2[C@H](c3cccs3)N[C@](Cc3ccccc3)(C(=O)O)[C@H]2C1=O. The zero-order valence-corrected chi connectivity index (χ0v) is 18.6.